The average Bonchev–Trinajstić information content (AvgIpc) is 2.75. The Hall–Kier alpha value is -2.90. The van der Waals surface area contributed by atoms with Crippen LogP contribution in [0.5, 0.6) is 0 Å². The SMILES string of the molecule is CC1CCN(c2nc(N3CCC(Cc4ccccc4)CC3)nc(N)c2[N+](=O)[O-])CC1. The van der Waals surface area contributed by atoms with Gasteiger partial charge >= 0.3 is 5.69 Å². The molecule has 0 saturated carbocycles. The highest BCUT2D eigenvalue weighted by atomic mass is 16.6. The van der Waals surface area contributed by atoms with Gasteiger partial charge in [-0.1, -0.05) is 37.3 Å². The minimum atomic E-state index is -0.446. The molecule has 8 heteroatoms. The van der Waals surface area contributed by atoms with Gasteiger partial charge in [0.05, 0.1) is 4.92 Å². The molecule has 0 atom stereocenters. The van der Waals surface area contributed by atoms with Gasteiger partial charge in [0.25, 0.3) is 0 Å². The summed E-state index contributed by atoms with van der Waals surface area (Å²) in [5.41, 5.74) is 7.26. The van der Waals surface area contributed by atoms with Crippen LogP contribution < -0.4 is 15.5 Å². The molecule has 0 aliphatic carbocycles. The van der Waals surface area contributed by atoms with Crippen LogP contribution in [0.15, 0.2) is 30.3 Å². The smallest absolute Gasteiger partial charge is 0.353 e. The van der Waals surface area contributed by atoms with E-state index in [2.05, 4.69) is 46.1 Å². The number of nitrogens with zero attached hydrogens (tertiary/aromatic N) is 5. The Balaban J connectivity index is 1.50. The molecule has 30 heavy (non-hydrogen) atoms. The Kier molecular flexibility index (Phi) is 6.01. The number of hydrogen-bond donors (Lipinski definition) is 1. The van der Waals surface area contributed by atoms with Crippen molar-refractivity contribution in [1.82, 2.24) is 9.97 Å². The van der Waals surface area contributed by atoms with E-state index in [1.54, 1.807) is 0 Å². The summed E-state index contributed by atoms with van der Waals surface area (Å²) in [7, 11) is 0. The van der Waals surface area contributed by atoms with E-state index in [4.69, 9.17) is 5.73 Å². The molecule has 0 unspecified atom stereocenters. The first-order valence-corrected chi connectivity index (χ1v) is 10.9. The zero-order valence-corrected chi connectivity index (χ0v) is 17.5. The van der Waals surface area contributed by atoms with Gasteiger partial charge in [-0.2, -0.15) is 9.97 Å². The molecule has 1 aromatic carbocycles. The molecule has 3 heterocycles. The third kappa shape index (κ3) is 4.47. The fraction of sp³-hybridized carbons (Fsp3) is 0.545. The van der Waals surface area contributed by atoms with Crippen LogP contribution >= 0.6 is 0 Å². The molecule has 8 nitrogen and oxygen atoms in total. The number of hydrogen-bond acceptors (Lipinski definition) is 7. The summed E-state index contributed by atoms with van der Waals surface area (Å²) in [5.74, 6) is 2.11. The molecule has 2 aliphatic heterocycles. The van der Waals surface area contributed by atoms with Gasteiger partial charge in [-0.05, 0) is 49.5 Å². The zero-order chi connectivity index (χ0) is 21.1. The number of benzene rings is 1. The minimum Gasteiger partial charge on any atom is -0.378 e. The maximum atomic E-state index is 11.7. The van der Waals surface area contributed by atoms with Gasteiger partial charge in [0.15, 0.2) is 0 Å². The molecule has 2 aliphatic rings. The van der Waals surface area contributed by atoms with Gasteiger partial charge in [0.1, 0.15) is 0 Å². The number of aromatic nitrogens is 2. The summed E-state index contributed by atoms with van der Waals surface area (Å²) in [6.45, 7) is 5.41. The number of rotatable bonds is 5. The number of nitrogens with two attached hydrogens (primary N) is 1. The largest absolute Gasteiger partial charge is 0.378 e. The fourth-order valence-corrected chi connectivity index (χ4v) is 4.49. The van der Waals surface area contributed by atoms with Gasteiger partial charge in [-0.3, -0.25) is 10.1 Å². The van der Waals surface area contributed by atoms with Crippen LogP contribution in [0, 0.1) is 22.0 Å². The number of anilines is 3. The van der Waals surface area contributed by atoms with E-state index in [1.165, 1.54) is 5.56 Å². The first kappa shape index (κ1) is 20.4. The normalized spacial score (nSPS) is 18.6. The molecular weight excluding hydrogens is 380 g/mol. The number of piperidine rings is 2. The second-order valence-electron chi connectivity index (χ2n) is 8.63. The molecule has 0 radical (unpaired) electrons. The fourth-order valence-electron chi connectivity index (χ4n) is 4.49. The molecule has 160 valence electrons. The van der Waals surface area contributed by atoms with E-state index in [0.717, 1.165) is 58.3 Å². The van der Waals surface area contributed by atoms with Gasteiger partial charge in [0.2, 0.25) is 17.6 Å². The predicted octanol–water partition coefficient (Wildman–Crippen LogP) is 3.66. The molecule has 0 bridgehead atoms. The monoisotopic (exact) mass is 410 g/mol. The molecule has 0 amide bonds. The van der Waals surface area contributed by atoms with E-state index in [-0.39, 0.29) is 11.5 Å². The van der Waals surface area contributed by atoms with Crippen LogP contribution in [-0.2, 0) is 6.42 Å². The summed E-state index contributed by atoms with van der Waals surface area (Å²) in [6.07, 6.45) is 5.18. The quantitative estimate of drug-likeness (QED) is 0.593. The average molecular weight is 411 g/mol. The summed E-state index contributed by atoms with van der Waals surface area (Å²) >= 11 is 0. The van der Waals surface area contributed by atoms with Crippen molar-refractivity contribution in [2.45, 2.75) is 39.0 Å². The highest BCUT2D eigenvalue weighted by molar-refractivity contribution is 5.71. The van der Waals surface area contributed by atoms with Crippen molar-refractivity contribution in [3.8, 4) is 0 Å². The van der Waals surface area contributed by atoms with Gasteiger partial charge in [-0.15, -0.1) is 0 Å². The van der Waals surface area contributed by atoms with E-state index in [1.807, 2.05) is 11.0 Å². The van der Waals surface area contributed by atoms with Crippen LogP contribution in [0.25, 0.3) is 0 Å². The third-order valence-electron chi connectivity index (χ3n) is 6.41. The minimum absolute atomic E-state index is 0.0370. The zero-order valence-electron chi connectivity index (χ0n) is 17.5. The topological polar surface area (TPSA) is 101 Å². The lowest BCUT2D eigenvalue weighted by atomic mass is 9.90. The lowest BCUT2D eigenvalue weighted by molar-refractivity contribution is -0.383. The van der Waals surface area contributed by atoms with Crippen LogP contribution in [-0.4, -0.2) is 41.1 Å². The maximum absolute atomic E-state index is 11.7. The van der Waals surface area contributed by atoms with Gasteiger partial charge in [0, 0.05) is 26.2 Å². The highest BCUT2D eigenvalue weighted by Crippen LogP contribution is 2.36. The van der Waals surface area contributed by atoms with Crippen LogP contribution in [0.4, 0.5) is 23.3 Å². The number of nitro groups is 1. The molecule has 1 aromatic heterocycles. The van der Waals surface area contributed by atoms with Crippen molar-refractivity contribution in [1.29, 1.82) is 0 Å². The first-order valence-electron chi connectivity index (χ1n) is 10.9. The first-order chi connectivity index (χ1) is 14.5. The number of nitrogen functional groups attached to an aromatic ring is 1. The third-order valence-corrected chi connectivity index (χ3v) is 6.41. The second-order valence-corrected chi connectivity index (χ2v) is 8.63. The molecule has 0 spiro atoms. The molecule has 4 rings (SSSR count). The van der Waals surface area contributed by atoms with Crippen LogP contribution in [0.2, 0.25) is 0 Å². The Morgan fingerprint density at radius 2 is 1.67 bits per heavy atom. The Morgan fingerprint density at radius 3 is 2.30 bits per heavy atom. The molecule has 2 aromatic rings. The maximum Gasteiger partial charge on any atom is 0.353 e. The lowest BCUT2D eigenvalue weighted by Gasteiger charge is -2.34. The Morgan fingerprint density at radius 1 is 1.03 bits per heavy atom. The second kappa shape index (κ2) is 8.85. The molecule has 2 saturated heterocycles. The summed E-state index contributed by atoms with van der Waals surface area (Å²) in [4.78, 5) is 24.3. The van der Waals surface area contributed by atoms with Crippen molar-refractivity contribution >= 4 is 23.3 Å². The summed E-state index contributed by atoms with van der Waals surface area (Å²) in [5, 5.41) is 11.7. The van der Waals surface area contributed by atoms with Crippen LogP contribution in [0.1, 0.15) is 38.2 Å². The Labute approximate surface area is 177 Å². The Bertz CT molecular complexity index is 875. The molecule has 2 fully saturated rings. The standard InChI is InChI=1S/C22H30N6O2/c1-16-7-11-26(12-8-16)21-19(28(29)30)20(23)24-22(25-21)27-13-9-18(10-14-27)15-17-5-3-2-4-6-17/h2-6,16,18H,7-15H2,1H3,(H2,23,24,25). The van der Waals surface area contributed by atoms with Crippen molar-refractivity contribution in [3.05, 3.63) is 46.0 Å². The predicted molar refractivity (Wildman–Crippen MR) is 119 cm³/mol. The van der Waals surface area contributed by atoms with Gasteiger partial charge in [-0.25, -0.2) is 0 Å². The molecule has 2 N–H and O–H groups in total. The van der Waals surface area contributed by atoms with Crippen molar-refractivity contribution in [2.75, 3.05) is 41.7 Å². The van der Waals surface area contributed by atoms with Crippen molar-refractivity contribution < 1.29 is 4.92 Å². The van der Waals surface area contributed by atoms with Crippen LogP contribution in [0.3, 0.4) is 0 Å². The molecular formula is C22H30N6O2. The van der Waals surface area contributed by atoms with E-state index < -0.39 is 4.92 Å². The van der Waals surface area contributed by atoms with Crippen molar-refractivity contribution in [2.24, 2.45) is 11.8 Å². The summed E-state index contributed by atoms with van der Waals surface area (Å²) < 4.78 is 0. The van der Waals surface area contributed by atoms with Gasteiger partial charge < -0.3 is 15.5 Å². The lowest BCUT2D eigenvalue weighted by Crippen LogP contribution is -2.37. The van der Waals surface area contributed by atoms with E-state index in [0.29, 0.717) is 23.6 Å². The summed E-state index contributed by atoms with van der Waals surface area (Å²) in [6, 6.07) is 10.6. The highest BCUT2D eigenvalue weighted by Gasteiger charge is 2.31. The van der Waals surface area contributed by atoms with E-state index >= 15 is 0 Å². The van der Waals surface area contributed by atoms with E-state index in [9.17, 15) is 10.1 Å². The van der Waals surface area contributed by atoms with Crippen molar-refractivity contribution in [3.63, 3.8) is 0 Å².